The Kier molecular flexibility index (Phi) is 20.1. The number of aliphatic carboxylic acids is 1. The van der Waals surface area contributed by atoms with E-state index in [1.807, 2.05) is 0 Å². The van der Waals surface area contributed by atoms with Crippen LogP contribution >= 0.6 is 0 Å². The van der Waals surface area contributed by atoms with Crippen LogP contribution in [-0.2, 0) is 4.79 Å². The third kappa shape index (κ3) is 22.9. The molecule has 0 bridgehead atoms. The van der Waals surface area contributed by atoms with E-state index < -0.39 is 5.97 Å². The summed E-state index contributed by atoms with van der Waals surface area (Å²) < 4.78 is 0. The van der Waals surface area contributed by atoms with Crippen molar-refractivity contribution >= 4 is 5.97 Å². The van der Waals surface area contributed by atoms with Crippen LogP contribution in [0.3, 0.4) is 0 Å². The summed E-state index contributed by atoms with van der Waals surface area (Å²) in [6, 6.07) is 0. The molecule has 0 aromatic heterocycles. The molecule has 4 nitrogen and oxygen atoms in total. The molecular formula is C21H40N2O2. The molecule has 4 heteroatoms. The van der Waals surface area contributed by atoms with Gasteiger partial charge in [0.1, 0.15) is 0 Å². The number of terminal acetylenes is 1. The van der Waals surface area contributed by atoms with Crippen molar-refractivity contribution in [2.75, 3.05) is 26.2 Å². The van der Waals surface area contributed by atoms with Gasteiger partial charge in [0.2, 0.25) is 0 Å². The van der Waals surface area contributed by atoms with Gasteiger partial charge in [-0.05, 0) is 38.8 Å². The van der Waals surface area contributed by atoms with Gasteiger partial charge in [0, 0.05) is 25.9 Å². The molecular weight excluding hydrogens is 312 g/mol. The van der Waals surface area contributed by atoms with Gasteiger partial charge in [-0.3, -0.25) is 4.79 Å². The summed E-state index contributed by atoms with van der Waals surface area (Å²) in [4.78, 5) is 10.4. The Morgan fingerprint density at radius 1 is 0.680 bits per heavy atom. The molecule has 0 aliphatic rings. The number of hydrogen-bond acceptors (Lipinski definition) is 3. The van der Waals surface area contributed by atoms with Crippen molar-refractivity contribution in [2.45, 2.75) is 89.9 Å². The van der Waals surface area contributed by atoms with Gasteiger partial charge in [0.15, 0.2) is 0 Å². The highest BCUT2D eigenvalue weighted by Gasteiger charge is 1.96. The zero-order chi connectivity index (χ0) is 18.4. The van der Waals surface area contributed by atoms with Crippen LogP contribution in [0.5, 0.6) is 0 Å². The number of carboxylic acids is 1. The van der Waals surface area contributed by atoms with E-state index in [0.29, 0.717) is 6.42 Å². The molecule has 0 unspecified atom stereocenters. The van der Waals surface area contributed by atoms with Crippen LogP contribution in [0.15, 0.2) is 0 Å². The molecule has 0 amide bonds. The van der Waals surface area contributed by atoms with Crippen LogP contribution in [0, 0.1) is 12.3 Å². The van der Waals surface area contributed by atoms with Gasteiger partial charge in [-0.2, -0.15) is 0 Å². The maximum Gasteiger partial charge on any atom is 0.303 e. The normalized spacial score (nSPS) is 10.7. The molecule has 0 aliphatic heterocycles. The van der Waals surface area contributed by atoms with Crippen molar-refractivity contribution in [3.63, 3.8) is 0 Å². The fourth-order valence-corrected chi connectivity index (χ4v) is 2.84. The monoisotopic (exact) mass is 352 g/mol. The lowest BCUT2D eigenvalue weighted by atomic mass is 10.1. The number of unbranched alkanes of at least 4 members (excludes halogenated alkanes) is 11. The summed E-state index contributed by atoms with van der Waals surface area (Å²) in [5.41, 5.74) is 0. The lowest BCUT2D eigenvalue weighted by Gasteiger charge is -2.07. The molecule has 3 N–H and O–H groups in total. The second kappa shape index (κ2) is 21.0. The van der Waals surface area contributed by atoms with Crippen molar-refractivity contribution in [2.24, 2.45) is 0 Å². The molecule has 0 spiro atoms. The van der Waals surface area contributed by atoms with Crippen LogP contribution in [0.1, 0.15) is 89.9 Å². The lowest BCUT2D eigenvalue weighted by molar-refractivity contribution is -0.137. The van der Waals surface area contributed by atoms with Gasteiger partial charge in [-0.15, -0.1) is 12.3 Å². The first-order valence-corrected chi connectivity index (χ1v) is 10.3. The topological polar surface area (TPSA) is 61.4 Å². The first kappa shape index (κ1) is 23.9. The van der Waals surface area contributed by atoms with E-state index >= 15 is 0 Å². The SMILES string of the molecule is C#CCCCCCCCCNCCNCCCCCCCCC(=O)O. The molecule has 0 rings (SSSR count). The van der Waals surface area contributed by atoms with Gasteiger partial charge in [-0.1, -0.05) is 51.4 Å². The van der Waals surface area contributed by atoms with Crippen molar-refractivity contribution in [1.29, 1.82) is 0 Å². The highest BCUT2D eigenvalue weighted by atomic mass is 16.4. The van der Waals surface area contributed by atoms with Crippen LogP contribution in [0.4, 0.5) is 0 Å². The van der Waals surface area contributed by atoms with Crippen LogP contribution in [0.25, 0.3) is 0 Å². The van der Waals surface area contributed by atoms with E-state index in [9.17, 15) is 4.79 Å². The van der Waals surface area contributed by atoms with E-state index in [4.69, 9.17) is 11.5 Å². The largest absolute Gasteiger partial charge is 0.481 e. The number of hydrogen-bond donors (Lipinski definition) is 3. The molecule has 0 aliphatic carbocycles. The third-order valence-electron chi connectivity index (χ3n) is 4.40. The smallest absolute Gasteiger partial charge is 0.303 e. The molecule has 0 fully saturated rings. The van der Waals surface area contributed by atoms with Gasteiger partial charge >= 0.3 is 5.97 Å². The van der Waals surface area contributed by atoms with Gasteiger partial charge in [-0.25, -0.2) is 0 Å². The van der Waals surface area contributed by atoms with Gasteiger partial charge in [0.05, 0.1) is 0 Å². The molecule has 0 aromatic rings. The average molecular weight is 353 g/mol. The second-order valence-electron chi connectivity index (χ2n) is 6.84. The predicted octanol–water partition coefficient (Wildman–Crippen LogP) is 4.34. The lowest BCUT2D eigenvalue weighted by Crippen LogP contribution is -2.28. The first-order valence-electron chi connectivity index (χ1n) is 10.3. The maximum absolute atomic E-state index is 10.4. The Hall–Kier alpha value is -1.05. The minimum atomic E-state index is -0.672. The number of rotatable bonds is 20. The average Bonchev–Trinajstić information content (AvgIpc) is 2.60. The zero-order valence-electron chi connectivity index (χ0n) is 16.2. The van der Waals surface area contributed by atoms with Crippen molar-refractivity contribution in [1.82, 2.24) is 10.6 Å². The Morgan fingerprint density at radius 3 is 1.60 bits per heavy atom. The van der Waals surface area contributed by atoms with E-state index in [1.165, 1.54) is 64.2 Å². The quantitative estimate of drug-likeness (QED) is 0.225. The molecule has 0 aromatic carbocycles. The van der Waals surface area contributed by atoms with Crippen LogP contribution in [-0.4, -0.2) is 37.3 Å². The van der Waals surface area contributed by atoms with E-state index in [1.54, 1.807) is 0 Å². The highest BCUT2D eigenvalue weighted by molar-refractivity contribution is 5.66. The minimum Gasteiger partial charge on any atom is -0.481 e. The minimum absolute atomic E-state index is 0.320. The van der Waals surface area contributed by atoms with E-state index in [0.717, 1.165) is 45.4 Å². The fraction of sp³-hybridized carbons (Fsp3) is 0.857. The standard InChI is InChI=1S/C21H40N2O2/c1-2-3-4-5-6-8-11-14-17-22-19-20-23-18-15-12-9-7-10-13-16-21(24)25/h1,22-23H,3-20H2,(H,24,25). The summed E-state index contributed by atoms with van der Waals surface area (Å²) in [6.45, 7) is 4.32. The number of carboxylic acid groups (broad SMARTS) is 1. The van der Waals surface area contributed by atoms with Crippen LogP contribution in [0.2, 0.25) is 0 Å². The molecule has 25 heavy (non-hydrogen) atoms. The van der Waals surface area contributed by atoms with Gasteiger partial charge in [0.25, 0.3) is 0 Å². The summed E-state index contributed by atoms with van der Waals surface area (Å²) in [7, 11) is 0. The Morgan fingerprint density at radius 2 is 1.12 bits per heavy atom. The highest BCUT2D eigenvalue weighted by Crippen LogP contribution is 2.07. The molecule has 0 heterocycles. The van der Waals surface area contributed by atoms with Crippen molar-refractivity contribution in [3.8, 4) is 12.3 Å². The number of nitrogens with one attached hydrogen (secondary N) is 2. The zero-order valence-corrected chi connectivity index (χ0v) is 16.2. The van der Waals surface area contributed by atoms with Crippen LogP contribution < -0.4 is 10.6 Å². The Balaban J connectivity index is 2.98. The van der Waals surface area contributed by atoms with E-state index in [2.05, 4.69) is 16.6 Å². The molecule has 0 radical (unpaired) electrons. The molecule has 0 saturated carbocycles. The summed E-state index contributed by atoms with van der Waals surface area (Å²) >= 11 is 0. The molecule has 0 saturated heterocycles. The van der Waals surface area contributed by atoms with Crippen molar-refractivity contribution in [3.05, 3.63) is 0 Å². The third-order valence-corrected chi connectivity index (χ3v) is 4.40. The number of carbonyl (C=O) groups is 1. The summed E-state index contributed by atoms with van der Waals surface area (Å²) in [6.07, 6.45) is 20.9. The Bertz CT molecular complexity index is 326. The summed E-state index contributed by atoms with van der Waals surface area (Å²) in [5.74, 6) is 2.02. The fourth-order valence-electron chi connectivity index (χ4n) is 2.84. The summed E-state index contributed by atoms with van der Waals surface area (Å²) in [5, 5.41) is 15.5. The van der Waals surface area contributed by atoms with Gasteiger partial charge < -0.3 is 15.7 Å². The second-order valence-corrected chi connectivity index (χ2v) is 6.84. The predicted molar refractivity (Wildman–Crippen MR) is 107 cm³/mol. The van der Waals surface area contributed by atoms with E-state index in [-0.39, 0.29) is 0 Å². The van der Waals surface area contributed by atoms with Crippen molar-refractivity contribution < 1.29 is 9.90 Å². The molecule has 0 atom stereocenters. The maximum atomic E-state index is 10.4. The Labute approximate surface area is 155 Å². The first-order chi connectivity index (χ1) is 12.3. The molecule has 146 valence electrons.